The Balaban J connectivity index is 1.60. The van der Waals surface area contributed by atoms with Crippen LogP contribution < -0.4 is 10.0 Å². The van der Waals surface area contributed by atoms with Crippen LogP contribution in [0, 0.1) is 0 Å². The molecule has 0 unspecified atom stereocenters. The van der Waals surface area contributed by atoms with Crippen LogP contribution in [0.5, 0.6) is 0 Å². The lowest BCUT2D eigenvalue weighted by Crippen LogP contribution is -2.50. The van der Waals surface area contributed by atoms with E-state index in [1.54, 1.807) is 17.0 Å². The second-order valence-corrected chi connectivity index (χ2v) is 7.63. The summed E-state index contributed by atoms with van der Waals surface area (Å²) in [7, 11) is -3.29. The Morgan fingerprint density at radius 1 is 1.36 bits per heavy atom. The van der Waals surface area contributed by atoms with Gasteiger partial charge in [-0.05, 0) is 25.0 Å². The largest absolute Gasteiger partial charge is 0.323 e. The number of pyridine rings is 1. The second kappa shape index (κ2) is 7.15. The molecule has 2 aromatic rings. The maximum Gasteiger partial charge on any atom is 0.321 e. The highest BCUT2D eigenvalue weighted by Crippen LogP contribution is 2.14. The zero-order valence-electron chi connectivity index (χ0n) is 13.7. The molecule has 3 rings (SSSR count). The van der Waals surface area contributed by atoms with E-state index in [-0.39, 0.29) is 12.1 Å². The summed E-state index contributed by atoms with van der Waals surface area (Å²) in [4.78, 5) is 22.0. The molecule has 2 N–H and O–H groups in total. The number of hydrogen-bond acceptors (Lipinski definition) is 6. The van der Waals surface area contributed by atoms with Gasteiger partial charge in [0.25, 0.3) is 0 Å². The molecule has 11 heteroatoms. The van der Waals surface area contributed by atoms with Crippen molar-refractivity contribution >= 4 is 21.7 Å². The van der Waals surface area contributed by atoms with Crippen LogP contribution in [0.4, 0.5) is 10.5 Å². The maximum absolute atomic E-state index is 12.4. The van der Waals surface area contributed by atoms with E-state index in [0.717, 1.165) is 12.7 Å². The van der Waals surface area contributed by atoms with E-state index in [4.69, 9.17) is 0 Å². The number of nitrogens with one attached hydrogen (secondary N) is 2. The predicted octanol–water partition coefficient (Wildman–Crippen LogP) is 0.208. The third-order valence-electron chi connectivity index (χ3n) is 3.74. The van der Waals surface area contributed by atoms with Gasteiger partial charge in [0, 0.05) is 19.1 Å². The molecule has 1 aliphatic heterocycles. The molecule has 3 heterocycles. The fourth-order valence-electron chi connectivity index (χ4n) is 2.69. The number of hydrogen-bond donors (Lipinski definition) is 2. The Morgan fingerprint density at radius 3 is 2.84 bits per heavy atom. The Hall–Kier alpha value is -2.53. The van der Waals surface area contributed by atoms with Crippen molar-refractivity contribution in [1.29, 1.82) is 0 Å². The second-order valence-electron chi connectivity index (χ2n) is 5.85. The molecule has 0 bridgehead atoms. The first-order valence-electron chi connectivity index (χ1n) is 7.75. The van der Waals surface area contributed by atoms with Gasteiger partial charge in [-0.2, -0.15) is 5.10 Å². The third-order valence-corrected chi connectivity index (χ3v) is 4.50. The van der Waals surface area contributed by atoms with Gasteiger partial charge in [0.05, 0.1) is 18.1 Å². The maximum atomic E-state index is 12.4. The molecule has 0 aliphatic carbocycles. The Labute approximate surface area is 145 Å². The molecule has 134 valence electrons. The molecule has 1 saturated heterocycles. The van der Waals surface area contributed by atoms with Crippen LogP contribution in [0.15, 0.2) is 31.0 Å². The fraction of sp³-hybridized carbons (Fsp3) is 0.429. The molecular formula is C14H19N7O3S. The van der Waals surface area contributed by atoms with E-state index >= 15 is 0 Å². The van der Waals surface area contributed by atoms with E-state index < -0.39 is 10.0 Å². The molecule has 0 radical (unpaired) electrons. The van der Waals surface area contributed by atoms with Crippen molar-refractivity contribution in [1.82, 2.24) is 29.4 Å². The summed E-state index contributed by atoms with van der Waals surface area (Å²) in [5.74, 6) is 0.589. The lowest BCUT2D eigenvalue weighted by Gasteiger charge is -2.32. The minimum atomic E-state index is -3.29. The van der Waals surface area contributed by atoms with E-state index in [0.29, 0.717) is 31.0 Å². The van der Waals surface area contributed by atoms with Crippen LogP contribution in [-0.2, 0) is 10.0 Å². The van der Waals surface area contributed by atoms with Crippen molar-refractivity contribution in [3.63, 3.8) is 0 Å². The Morgan fingerprint density at radius 2 is 2.20 bits per heavy atom. The first-order chi connectivity index (χ1) is 11.9. The number of amides is 2. The van der Waals surface area contributed by atoms with Gasteiger partial charge >= 0.3 is 6.03 Å². The Kier molecular flexibility index (Phi) is 4.95. The summed E-state index contributed by atoms with van der Waals surface area (Å²) < 4.78 is 26.8. The summed E-state index contributed by atoms with van der Waals surface area (Å²) in [6.07, 6.45) is 7.05. The molecule has 1 fully saturated rings. The fourth-order valence-corrected chi connectivity index (χ4v) is 3.48. The number of carbonyl (C=O) groups is 1. The molecule has 25 heavy (non-hydrogen) atoms. The number of aromatic nitrogens is 4. The van der Waals surface area contributed by atoms with E-state index in [1.807, 2.05) is 0 Å². The van der Waals surface area contributed by atoms with Crippen molar-refractivity contribution in [2.75, 3.05) is 24.7 Å². The van der Waals surface area contributed by atoms with Crippen LogP contribution in [0.2, 0.25) is 0 Å². The highest BCUT2D eigenvalue weighted by molar-refractivity contribution is 7.88. The van der Waals surface area contributed by atoms with Gasteiger partial charge in [-0.1, -0.05) is 0 Å². The van der Waals surface area contributed by atoms with Gasteiger partial charge in [0.1, 0.15) is 12.7 Å². The molecule has 0 spiro atoms. The van der Waals surface area contributed by atoms with E-state index in [2.05, 4.69) is 25.1 Å². The minimum Gasteiger partial charge on any atom is -0.323 e. The molecule has 1 aliphatic rings. The average Bonchev–Trinajstić information content (AvgIpc) is 3.08. The molecule has 0 aromatic carbocycles. The van der Waals surface area contributed by atoms with Gasteiger partial charge in [-0.15, -0.1) is 0 Å². The quantitative estimate of drug-likeness (QED) is 0.798. The van der Waals surface area contributed by atoms with Crippen molar-refractivity contribution in [3.05, 3.63) is 31.0 Å². The van der Waals surface area contributed by atoms with Crippen molar-refractivity contribution in [2.45, 2.75) is 18.9 Å². The summed E-state index contributed by atoms with van der Waals surface area (Å²) in [5.41, 5.74) is 0.548. The summed E-state index contributed by atoms with van der Waals surface area (Å²) in [6, 6.07) is 2.89. The van der Waals surface area contributed by atoms with Crippen LogP contribution in [0.25, 0.3) is 5.82 Å². The van der Waals surface area contributed by atoms with Crippen molar-refractivity contribution in [2.24, 2.45) is 0 Å². The first-order valence-corrected chi connectivity index (χ1v) is 9.64. The number of nitrogens with zero attached hydrogens (tertiary/aromatic N) is 5. The van der Waals surface area contributed by atoms with Gasteiger partial charge in [-0.25, -0.2) is 32.6 Å². The topological polar surface area (TPSA) is 122 Å². The van der Waals surface area contributed by atoms with Gasteiger partial charge < -0.3 is 10.2 Å². The van der Waals surface area contributed by atoms with Crippen LogP contribution >= 0.6 is 0 Å². The van der Waals surface area contributed by atoms with Crippen LogP contribution in [-0.4, -0.2) is 64.5 Å². The minimum absolute atomic E-state index is 0.262. The predicted molar refractivity (Wildman–Crippen MR) is 90.7 cm³/mol. The number of piperidine rings is 1. The van der Waals surface area contributed by atoms with E-state index in [9.17, 15) is 13.2 Å². The normalized spacial score (nSPS) is 18.1. The first kappa shape index (κ1) is 17.3. The number of sulfonamides is 1. The summed E-state index contributed by atoms with van der Waals surface area (Å²) in [5, 5.41) is 6.75. The number of anilines is 1. The molecule has 2 amide bonds. The zero-order chi connectivity index (χ0) is 17.9. The smallest absolute Gasteiger partial charge is 0.321 e. The lowest BCUT2D eigenvalue weighted by atomic mass is 10.1. The molecule has 2 aromatic heterocycles. The molecule has 10 nitrogen and oxygen atoms in total. The van der Waals surface area contributed by atoms with Crippen molar-refractivity contribution < 1.29 is 13.2 Å². The van der Waals surface area contributed by atoms with Gasteiger partial charge in [0.2, 0.25) is 10.0 Å². The highest BCUT2D eigenvalue weighted by atomic mass is 32.2. The van der Waals surface area contributed by atoms with Gasteiger partial charge in [0.15, 0.2) is 5.82 Å². The third kappa shape index (κ3) is 4.73. The Bertz CT molecular complexity index is 821. The standard InChI is InChI=1S/C14H19N7O3S/c1-25(23,24)19-12-3-2-6-20(8-12)14(22)18-11-4-5-13(16-7-11)21-10-15-9-17-21/h4-5,7,9-10,12,19H,2-3,6,8H2,1H3,(H,18,22)/t12-/m0/s1. The summed E-state index contributed by atoms with van der Waals surface area (Å²) >= 11 is 0. The number of urea groups is 1. The highest BCUT2D eigenvalue weighted by Gasteiger charge is 2.25. The van der Waals surface area contributed by atoms with Crippen LogP contribution in [0.3, 0.4) is 0 Å². The SMILES string of the molecule is CS(=O)(=O)N[C@H]1CCCN(C(=O)Nc2ccc(-n3cncn3)nc2)C1. The molecule has 1 atom stereocenters. The van der Waals surface area contributed by atoms with E-state index in [1.165, 1.54) is 23.5 Å². The number of rotatable bonds is 4. The molecule has 0 saturated carbocycles. The zero-order valence-corrected chi connectivity index (χ0v) is 14.5. The average molecular weight is 365 g/mol. The number of likely N-dealkylation sites (tertiary alicyclic amines) is 1. The monoisotopic (exact) mass is 365 g/mol. The molecular weight excluding hydrogens is 346 g/mol. The lowest BCUT2D eigenvalue weighted by molar-refractivity contribution is 0.190. The number of carbonyl (C=O) groups excluding carboxylic acids is 1. The van der Waals surface area contributed by atoms with Crippen LogP contribution in [0.1, 0.15) is 12.8 Å². The van der Waals surface area contributed by atoms with Crippen molar-refractivity contribution in [3.8, 4) is 5.82 Å². The summed E-state index contributed by atoms with van der Waals surface area (Å²) in [6.45, 7) is 0.918. The van der Waals surface area contributed by atoms with Gasteiger partial charge in [-0.3, -0.25) is 0 Å².